The summed E-state index contributed by atoms with van der Waals surface area (Å²) in [7, 11) is 0. The number of unbranched alkanes of at least 4 members (excludes halogenated alkanes) is 11. The lowest BCUT2D eigenvalue weighted by molar-refractivity contribution is -0.145. The molecule has 0 aliphatic heterocycles. The molecule has 0 amide bonds. The fraction of sp³-hybridized carbons (Fsp3) is 0.944. The van der Waals surface area contributed by atoms with E-state index in [0.717, 1.165) is 6.42 Å². The molecule has 0 heterocycles. The lowest BCUT2D eigenvalue weighted by Crippen LogP contribution is -2.13. The molecule has 3 nitrogen and oxygen atoms in total. The lowest BCUT2D eigenvalue weighted by atomic mass is 9.99. The van der Waals surface area contributed by atoms with Crippen LogP contribution in [0.3, 0.4) is 0 Å². The van der Waals surface area contributed by atoms with Crippen LogP contribution < -0.4 is 5.90 Å². The smallest absolute Gasteiger partial charge is 0.324 e. The average Bonchev–Trinajstić information content (AvgIpc) is 2.48. The maximum absolute atomic E-state index is 11.0. The van der Waals surface area contributed by atoms with Gasteiger partial charge < -0.3 is 4.84 Å². The SMILES string of the molecule is CCCCCCCCCCCCCCC(C)CC(=O)ON. The van der Waals surface area contributed by atoms with Crippen LogP contribution in [0.1, 0.15) is 104 Å². The molecular formula is C18H37NO2. The van der Waals surface area contributed by atoms with Gasteiger partial charge >= 0.3 is 5.97 Å². The van der Waals surface area contributed by atoms with Crippen LogP contribution in [0.15, 0.2) is 0 Å². The summed E-state index contributed by atoms with van der Waals surface area (Å²) in [5, 5.41) is 0. The van der Waals surface area contributed by atoms with E-state index in [9.17, 15) is 4.79 Å². The van der Waals surface area contributed by atoms with Crippen LogP contribution in [0.4, 0.5) is 0 Å². The molecule has 0 spiro atoms. The number of hydrogen-bond donors (Lipinski definition) is 1. The minimum absolute atomic E-state index is 0.290. The molecule has 0 aromatic heterocycles. The molecule has 1 atom stereocenters. The molecule has 0 bridgehead atoms. The number of hydrogen-bond acceptors (Lipinski definition) is 3. The first kappa shape index (κ1) is 20.4. The van der Waals surface area contributed by atoms with E-state index in [1.54, 1.807) is 0 Å². The zero-order valence-electron chi connectivity index (χ0n) is 14.4. The third-order valence-electron chi connectivity index (χ3n) is 4.20. The zero-order valence-corrected chi connectivity index (χ0v) is 14.4. The zero-order chi connectivity index (χ0) is 15.8. The highest BCUT2D eigenvalue weighted by molar-refractivity contribution is 5.69. The fourth-order valence-electron chi connectivity index (χ4n) is 2.77. The predicted octanol–water partition coefficient (Wildman–Crippen LogP) is 5.52. The maximum atomic E-state index is 11.0. The van der Waals surface area contributed by atoms with Crippen LogP contribution in [0.2, 0.25) is 0 Å². The van der Waals surface area contributed by atoms with Crippen LogP contribution in [0.5, 0.6) is 0 Å². The van der Waals surface area contributed by atoms with Gasteiger partial charge in [-0.15, -0.1) is 0 Å². The average molecular weight is 299 g/mol. The number of carbonyl (C=O) groups is 1. The van der Waals surface area contributed by atoms with Gasteiger partial charge in [-0.05, 0) is 5.92 Å². The molecule has 0 saturated heterocycles. The first-order chi connectivity index (χ1) is 10.2. The van der Waals surface area contributed by atoms with Crippen molar-refractivity contribution in [1.29, 1.82) is 0 Å². The Hall–Kier alpha value is -0.570. The lowest BCUT2D eigenvalue weighted by Gasteiger charge is -2.09. The van der Waals surface area contributed by atoms with E-state index in [0.29, 0.717) is 12.3 Å². The molecule has 0 aromatic carbocycles. The van der Waals surface area contributed by atoms with Gasteiger partial charge in [0.05, 0.1) is 0 Å². The number of rotatable bonds is 15. The van der Waals surface area contributed by atoms with E-state index in [1.165, 1.54) is 77.0 Å². The summed E-state index contributed by atoms with van der Waals surface area (Å²) in [4.78, 5) is 15.2. The quantitative estimate of drug-likeness (QED) is 0.320. The minimum atomic E-state index is -0.290. The molecule has 0 saturated carbocycles. The summed E-state index contributed by atoms with van der Waals surface area (Å²) in [6.45, 7) is 4.36. The first-order valence-electron chi connectivity index (χ1n) is 9.10. The van der Waals surface area contributed by atoms with E-state index in [-0.39, 0.29) is 5.97 Å². The van der Waals surface area contributed by atoms with Gasteiger partial charge in [0.25, 0.3) is 0 Å². The highest BCUT2D eigenvalue weighted by atomic mass is 16.7. The molecule has 0 aromatic rings. The Balaban J connectivity index is 3.13. The topological polar surface area (TPSA) is 52.3 Å². The van der Waals surface area contributed by atoms with Crippen molar-refractivity contribution in [2.24, 2.45) is 11.8 Å². The van der Waals surface area contributed by atoms with E-state index in [4.69, 9.17) is 5.90 Å². The largest absolute Gasteiger partial charge is 0.373 e. The molecule has 0 fully saturated rings. The highest BCUT2D eigenvalue weighted by Gasteiger charge is 2.08. The van der Waals surface area contributed by atoms with Crippen LogP contribution >= 0.6 is 0 Å². The van der Waals surface area contributed by atoms with Gasteiger partial charge in [-0.25, -0.2) is 0 Å². The standard InChI is InChI=1S/C18H37NO2/c1-3-4-5-6-7-8-9-10-11-12-13-14-15-17(2)16-18(20)21-19/h17H,3-16,19H2,1-2H3. The Bertz CT molecular complexity index is 231. The van der Waals surface area contributed by atoms with E-state index >= 15 is 0 Å². The Morgan fingerprint density at radius 2 is 1.29 bits per heavy atom. The molecule has 1 unspecified atom stereocenters. The summed E-state index contributed by atoms with van der Waals surface area (Å²) in [5.41, 5.74) is 0. The second-order valence-corrected chi connectivity index (χ2v) is 6.48. The van der Waals surface area contributed by atoms with Gasteiger partial charge in [-0.3, -0.25) is 4.79 Å². The molecule has 0 rings (SSSR count). The summed E-state index contributed by atoms with van der Waals surface area (Å²) in [5.74, 6) is 4.94. The molecule has 126 valence electrons. The monoisotopic (exact) mass is 299 g/mol. The Morgan fingerprint density at radius 1 is 0.857 bits per heavy atom. The van der Waals surface area contributed by atoms with E-state index in [2.05, 4.69) is 18.7 Å². The Labute approximate surface area is 132 Å². The molecule has 3 heteroatoms. The Morgan fingerprint density at radius 3 is 1.71 bits per heavy atom. The minimum Gasteiger partial charge on any atom is -0.373 e. The summed E-state index contributed by atoms with van der Waals surface area (Å²) in [6.07, 6.45) is 18.0. The molecule has 0 aliphatic carbocycles. The molecule has 21 heavy (non-hydrogen) atoms. The molecule has 0 aliphatic rings. The van der Waals surface area contributed by atoms with Crippen LogP contribution in [0, 0.1) is 5.92 Å². The van der Waals surface area contributed by atoms with Crippen molar-refractivity contribution in [3.05, 3.63) is 0 Å². The summed E-state index contributed by atoms with van der Waals surface area (Å²) in [6, 6.07) is 0. The van der Waals surface area contributed by atoms with Crippen molar-refractivity contribution < 1.29 is 9.63 Å². The van der Waals surface area contributed by atoms with Crippen LogP contribution in [-0.2, 0) is 9.63 Å². The van der Waals surface area contributed by atoms with Crippen molar-refractivity contribution in [1.82, 2.24) is 0 Å². The third-order valence-corrected chi connectivity index (χ3v) is 4.20. The second kappa shape index (κ2) is 15.8. The van der Waals surface area contributed by atoms with E-state index < -0.39 is 0 Å². The van der Waals surface area contributed by atoms with Crippen molar-refractivity contribution in [3.63, 3.8) is 0 Å². The number of nitrogens with two attached hydrogens (primary N) is 1. The summed E-state index contributed by atoms with van der Waals surface area (Å²) < 4.78 is 0. The fourth-order valence-corrected chi connectivity index (χ4v) is 2.77. The van der Waals surface area contributed by atoms with Gasteiger partial charge in [-0.1, -0.05) is 97.3 Å². The van der Waals surface area contributed by atoms with Gasteiger partial charge in [0.2, 0.25) is 0 Å². The van der Waals surface area contributed by atoms with Crippen LogP contribution in [0.25, 0.3) is 0 Å². The third kappa shape index (κ3) is 15.6. The molecular weight excluding hydrogens is 262 g/mol. The second-order valence-electron chi connectivity index (χ2n) is 6.48. The maximum Gasteiger partial charge on any atom is 0.324 e. The first-order valence-corrected chi connectivity index (χ1v) is 9.10. The van der Waals surface area contributed by atoms with Crippen molar-refractivity contribution in [2.45, 2.75) is 104 Å². The van der Waals surface area contributed by atoms with Crippen molar-refractivity contribution in [3.8, 4) is 0 Å². The van der Waals surface area contributed by atoms with Crippen molar-refractivity contribution >= 4 is 5.97 Å². The highest BCUT2D eigenvalue weighted by Crippen LogP contribution is 2.16. The summed E-state index contributed by atoms with van der Waals surface area (Å²) >= 11 is 0. The predicted molar refractivity (Wildman–Crippen MR) is 89.8 cm³/mol. The van der Waals surface area contributed by atoms with Gasteiger partial charge in [0.15, 0.2) is 0 Å². The molecule has 2 N–H and O–H groups in total. The van der Waals surface area contributed by atoms with Gasteiger partial charge in [0, 0.05) is 6.42 Å². The van der Waals surface area contributed by atoms with Crippen LogP contribution in [-0.4, -0.2) is 5.97 Å². The normalized spacial score (nSPS) is 12.3. The molecule has 0 radical (unpaired) electrons. The van der Waals surface area contributed by atoms with E-state index in [1.807, 2.05) is 0 Å². The van der Waals surface area contributed by atoms with Crippen molar-refractivity contribution in [2.75, 3.05) is 0 Å². The number of carbonyl (C=O) groups excluding carboxylic acids is 1. The van der Waals surface area contributed by atoms with Gasteiger partial charge in [-0.2, -0.15) is 5.90 Å². The van der Waals surface area contributed by atoms with Gasteiger partial charge in [0.1, 0.15) is 0 Å². The Kier molecular flexibility index (Phi) is 15.4.